The van der Waals surface area contributed by atoms with E-state index in [1.165, 1.54) is 16.2 Å². The van der Waals surface area contributed by atoms with Crippen LogP contribution in [0, 0.1) is 5.92 Å². The van der Waals surface area contributed by atoms with Crippen LogP contribution in [0.5, 0.6) is 0 Å². The summed E-state index contributed by atoms with van der Waals surface area (Å²) in [7, 11) is 0. The maximum atomic E-state index is 12.3. The van der Waals surface area contributed by atoms with Gasteiger partial charge in [0.05, 0.1) is 5.56 Å². The van der Waals surface area contributed by atoms with Crippen LogP contribution in [0.2, 0.25) is 0 Å². The number of nitrogens with two attached hydrogens (primary N) is 1. The summed E-state index contributed by atoms with van der Waals surface area (Å²) in [4.78, 5) is 25.4. The van der Waals surface area contributed by atoms with Crippen molar-refractivity contribution in [3.63, 3.8) is 0 Å². The maximum absolute atomic E-state index is 12.3. The summed E-state index contributed by atoms with van der Waals surface area (Å²) < 4.78 is 0.806. The van der Waals surface area contributed by atoms with E-state index in [9.17, 15) is 9.59 Å². The second-order valence-corrected chi connectivity index (χ2v) is 8.77. The van der Waals surface area contributed by atoms with Gasteiger partial charge in [0.1, 0.15) is 5.00 Å². The van der Waals surface area contributed by atoms with Gasteiger partial charge in [0.2, 0.25) is 0 Å². The lowest BCUT2D eigenvalue weighted by atomic mass is 9.88. The third-order valence-electron chi connectivity index (χ3n) is 4.30. The number of rotatable bonds is 3. The van der Waals surface area contributed by atoms with Crippen molar-refractivity contribution >= 4 is 61.4 Å². The Morgan fingerprint density at radius 3 is 2.85 bits per heavy atom. The van der Waals surface area contributed by atoms with Gasteiger partial charge in [0.15, 0.2) is 5.11 Å². The van der Waals surface area contributed by atoms with Gasteiger partial charge in [0.25, 0.3) is 11.8 Å². The lowest BCUT2D eigenvalue weighted by molar-refractivity contribution is 0.0975. The van der Waals surface area contributed by atoms with Crippen LogP contribution in [0.4, 0.5) is 5.00 Å². The summed E-state index contributed by atoms with van der Waals surface area (Å²) in [5.41, 5.74) is 7.59. The first-order chi connectivity index (χ1) is 12.3. The van der Waals surface area contributed by atoms with E-state index in [2.05, 4.69) is 33.5 Å². The van der Waals surface area contributed by atoms with Crippen LogP contribution in [0.1, 0.15) is 44.5 Å². The van der Waals surface area contributed by atoms with E-state index in [1.54, 1.807) is 18.2 Å². The van der Waals surface area contributed by atoms with Gasteiger partial charge in [-0.1, -0.05) is 28.9 Å². The molecule has 1 aromatic heterocycles. The molecule has 1 atom stereocenters. The van der Waals surface area contributed by atoms with Crippen molar-refractivity contribution in [2.45, 2.75) is 26.2 Å². The van der Waals surface area contributed by atoms with E-state index >= 15 is 0 Å². The zero-order valence-corrected chi connectivity index (χ0v) is 17.3. The number of hydrogen-bond acceptors (Lipinski definition) is 4. The zero-order chi connectivity index (χ0) is 18.8. The molecule has 0 bridgehead atoms. The van der Waals surface area contributed by atoms with Gasteiger partial charge in [-0.05, 0) is 61.2 Å². The van der Waals surface area contributed by atoms with Crippen LogP contribution in [0.25, 0.3) is 0 Å². The van der Waals surface area contributed by atoms with Crippen molar-refractivity contribution in [1.82, 2.24) is 5.32 Å². The predicted molar refractivity (Wildman–Crippen MR) is 112 cm³/mol. The molecule has 4 N–H and O–H groups in total. The molecule has 0 radical (unpaired) electrons. The number of thiophene rings is 1. The van der Waals surface area contributed by atoms with E-state index in [0.717, 1.165) is 29.3 Å². The number of amides is 2. The lowest BCUT2D eigenvalue weighted by Crippen LogP contribution is -2.34. The third kappa shape index (κ3) is 4.13. The van der Waals surface area contributed by atoms with Gasteiger partial charge in [-0.15, -0.1) is 11.3 Å². The highest BCUT2D eigenvalue weighted by molar-refractivity contribution is 9.10. The van der Waals surface area contributed by atoms with Crippen LogP contribution >= 0.6 is 39.5 Å². The minimum Gasteiger partial charge on any atom is -0.365 e. The van der Waals surface area contributed by atoms with Crippen molar-refractivity contribution in [2.24, 2.45) is 11.7 Å². The normalized spacial score (nSPS) is 15.8. The fraction of sp³-hybridized carbons (Fsp3) is 0.278. The molecule has 5 nitrogen and oxygen atoms in total. The molecule has 2 aromatic rings. The predicted octanol–water partition coefficient (Wildman–Crippen LogP) is 3.86. The van der Waals surface area contributed by atoms with Gasteiger partial charge >= 0.3 is 0 Å². The molecular weight excluding hydrogens is 434 g/mol. The van der Waals surface area contributed by atoms with Gasteiger partial charge < -0.3 is 11.1 Å². The SMILES string of the molecule is C[C@H]1CCc2c(sc(NC(=S)NC(=O)c3cccc(Br)c3)c2C(N)=O)C1. The summed E-state index contributed by atoms with van der Waals surface area (Å²) in [6.45, 7) is 2.20. The number of halogens is 1. The Balaban J connectivity index is 1.77. The monoisotopic (exact) mass is 451 g/mol. The standard InChI is InChI=1S/C18H18BrN3O2S2/c1-9-5-6-12-13(7-9)26-17(14(12)15(20)23)22-18(25)21-16(24)10-3-2-4-11(19)8-10/h2-4,8-9H,5-7H2,1H3,(H2,20,23)(H2,21,22,24,25)/t9-/m0/s1. The van der Waals surface area contributed by atoms with Crippen molar-refractivity contribution in [1.29, 1.82) is 0 Å². The Morgan fingerprint density at radius 2 is 2.15 bits per heavy atom. The molecule has 3 rings (SSSR count). The molecule has 1 aromatic carbocycles. The first-order valence-electron chi connectivity index (χ1n) is 8.17. The summed E-state index contributed by atoms with van der Waals surface area (Å²) >= 11 is 10.1. The molecule has 136 valence electrons. The Labute approximate surface area is 169 Å². The number of hydrogen-bond donors (Lipinski definition) is 3. The smallest absolute Gasteiger partial charge is 0.257 e. The fourth-order valence-corrected chi connectivity index (χ4v) is 5.12. The van der Waals surface area contributed by atoms with Crippen molar-refractivity contribution in [3.8, 4) is 0 Å². The molecular formula is C18H18BrN3O2S2. The Kier molecular flexibility index (Phi) is 5.74. The maximum Gasteiger partial charge on any atom is 0.257 e. The molecule has 0 unspecified atom stereocenters. The van der Waals surface area contributed by atoms with E-state index in [-0.39, 0.29) is 11.0 Å². The average molecular weight is 452 g/mol. The molecule has 1 heterocycles. The number of carbonyl (C=O) groups excluding carboxylic acids is 2. The largest absolute Gasteiger partial charge is 0.365 e. The molecule has 0 fully saturated rings. The topological polar surface area (TPSA) is 84.2 Å². The number of fused-ring (bicyclic) bond motifs is 1. The molecule has 0 aliphatic heterocycles. The van der Waals surface area contributed by atoms with Crippen LogP contribution in [-0.2, 0) is 12.8 Å². The quantitative estimate of drug-likeness (QED) is 0.618. The highest BCUT2D eigenvalue weighted by Crippen LogP contribution is 2.39. The van der Waals surface area contributed by atoms with Crippen molar-refractivity contribution < 1.29 is 9.59 Å². The minimum atomic E-state index is -0.472. The third-order valence-corrected chi connectivity index (χ3v) is 6.17. The van der Waals surface area contributed by atoms with Crippen LogP contribution in [0.3, 0.4) is 0 Å². The lowest BCUT2D eigenvalue weighted by Gasteiger charge is -2.18. The Hall–Kier alpha value is -1.77. The first-order valence-corrected chi connectivity index (χ1v) is 10.2. The Morgan fingerprint density at radius 1 is 1.38 bits per heavy atom. The average Bonchev–Trinajstić information content (AvgIpc) is 2.91. The second-order valence-electron chi connectivity index (χ2n) is 6.34. The van der Waals surface area contributed by atoms with Crippen LogP contribution in [-0.4, -0.2) is 16.9 Å². The minimum absolute atomic E-state index is 0.143. The van der Waals surface area contributed by atoms with Gasteiger partial charge in [-0.3, -0.25) is 14.9 Å². The number of thiocarbonyl (C=S) groups is 1. The van der Waals surface area contributed by atoms with Gasteiger partial charge in [-0.25, -0.2) is 0 Å². The molecule has 8 heteroatoms. The number of benzene rings is 1. The summed E-state index contributed by atoms with van der Waals surface area (Å²) in [6.07, 6.45) is 2.80. The first kappa shape index (κ1) is 19.0. The Bertz CT molecular complexity index is 895. The van der Waals surface area contributed by atoms with Gasteiger partial charge in [-0.2, -0.15) is 0 Å². The highest BCUT2D eigenvalue weighted by atomic mass is 79.9. The summed E-state index contributed by atoms with van der Waals surface area (Å²) in [5.74, 6) is -0.210. The number of anilines is 1. The molecule has 0 saturated heterocycles. The molecule has 1 aliphatic carbocycles. The van der Waals surface area contributed by atoms with Crippen LogP contribution < -0.4 is 16.4 Å². The van der Waals surface area contributed by atoms with E-state index in [0.29, 0.717) is 22.0 Å². The fourth-order valence-electron chi connectivity index (χ4n) is 3.04. The summed E-state index contributed by atoms with van der Waals surface area (Å²) in [5, 5.41) is 6.38. The number of primary amides is 1. The zero-order valence-electron chi connectivity index (χ0n) is 14.1. The van der Waals surface area contributed by atoms with Crippen LogP contribution in [0.15, 0.2) is 28.7 Å². The van der Waals surface area contributed by atoms with E-state index in [4.69, 9.17) is 18.0 Å². The van der Waals surface area contributed by atoms with E-state index in [1.807, 2.05) is 6.07 Å². The summed E-state index contributed by atoms with van der Waals surface area (Å²) in [6, 6.07) is 7.01. The molecule has 1 aliphatic rings. The number of carbonyl (C=O) groups is 2. The molecule has 0 spiro atoms. The second kappa shape index (κ2) is 7.85. The van der Waals surface area contributed by atoms with Gasteiger partial charge in [0, 0.05) is 14.9 Å². The van der Waals surface area contributed by atoms with Crippen molar-refractivity contribution in [2.75, 3.05) is 5.32 Å². The highest BCUT2D eigenvalue weighted by Gasteiger charge is 2.27. The molecule has 2 amide bonds. The van der Waals surface area contributed by atoms with E-state index < -0.39 is 5.91 Å². The molecule has 26 heavy (non-hydrogen) atoms. The van der Waals surface area contributed by atoms with Crippen molar-refractivity contribution in [3.05, 3.63) is 50.3 Å². The number of nitrogens with one attached hydrogen (secondary N) is 2. The molecule has 0 saturated carbocycles.